The third-order valence-corrected chi connectivity index (χ3v) is 5.41. The Kier molecular flexibility index (Phi) is 7.47. The van der Waals surface area contributed by atoms with Crippen LogP contribution in [0.15, 0.2) is 39.9 Å². The monoisotopic (exact) mass is 468 g/mol. The molecule has 0 aliphatic carbocycles. The summed E-state index contributed by atoms with van der Waals surface area (Å²) in [6.45, 7) is 5.31. The number of methoxy groups -OCH3 is 1. The predicted octanol–water partition coefficient (Wildman–Crippen LogP) is 1.19. The molecule has 180 valence electrons. The number of para-hydroxylation sites is 1. The van der Waals surface area contributed by atoms with Crippen molar-refractivity contribution in [3.8, 4) is 5.69 Å². The van der Waals surface area contributed by atoms with Crippen LogP contribution in [-0.2, 0) is 16.1 Å². The molecule has 0 bridgehead atoms. The fraction of sp³-hybridized carbons (Fsp3) is 0.348. The van der Waals surface area contributed by atoms with E-state index in [0.717, 1.165) is 15.2 Å². The fourth-order valence-corrected chi connectivity index (χ4v) is 3.80. The normalized spacial score (nSPS) is 10.9. The number of nitrogens with two attached hydrogens (primary N) is 1. The van der Waals surface area contributed by atoms with Crippen LogP contribution >= 0.6 is 0 Å². The minimum Gasteiger partial charge on any atom is -0.383 e. The number of nitrogen functional groups attached to an aromatic ring is 1. The van der Waals surface area contributed by atoms with E-state index in [0.29, 0.717) is 17.8 Å². The van der Waals surface area contributed by atoms with E-state index in [4.69, 9.17) is 10.5 Å². The number of aryl methyl sites for hydroxylation is 1. The summed E-state index contributed by atoms with van der Waals surface area (Å²) in [4.78, 5) is 54.9. The van der Waals surface area contributed by atoms with Gasteiger partial charge in [-0.25, -0.2) is 9.48 Å². The molecule has 11 nitrogen and oxygen atoms in total. The number of aromatic nitrogens is 4. The summed E-state index contributed by atoms with van der Waals surface area (Å²) in [5.41, 5.74) is 6.04. The van der Waals surface area contributed by atoms with Crippen molar-refractivity contribution < 1.29 is 14.3 Å². The second-order valence-electron chi connectivity index (χ2n) is 7.72. The van der Waals surface area contributed by atoms with Crippen LogP contribution in [-0.4, -0.2) is 51.3 Å². The van der Waals surface area contributed by atoms with Gasteiger partial charge in [-0.3, -0.25) is 28.8 Å². The number of benzene rings is 1. The highest BCUT2D eigenvalue weighted by atomic mass is 16.5. The summed E-state index contributed by atoms with van der Waals surface area (Å²) >= 11 is 0. The third kappa shape index (κ3) is 4.55. The minimum atomic E-state index is -0.977. The molecule has 1 aromatic carbocycles. The van der Waals surface area contributed by atoms with Crippen molar-refractivity contribution in [2.45, 2.75) is 33.7 Å². The summed E-state index contributed by atoms with van der Waals surface area (Å²) in [5.74, 6) is -2.02. The highest BCUT2D eigenvalue weighted by Crippen LogP contribution is 2.22. The standard InChI is InChI=1S/C23H28N6O5/c1-5-11-28-20(24)18(21(31)25-23(28)33)27(12-13-34-4)22(32)19(30)17-14(2)26-29(15(17)3)16-9-7-6-8-10-16/h6-10H,5,11-13,24H2,1-4H3,(H,25,31,33). The summed E-state index contributed by atoms with van der Waals surface area (Å²) in [5, 5.41) is 4.43. The molecular formula is C23H28N6O5. The van der Waals surface area contributed by atoms with E-state index in [9.17, 15) is 19.2 Å². The van der Waals surface area contributed by atoms with Gasteiger partial charge in [0.05, 0.1) is 35.8 Å². The minimum absolute atomic E-state index is 0.0338. The van der Waals surface area contributed by atoms with E-state index < -0.39 is 22.9 Å². The number of hydrogen-bond acceptors (Lipinski definition) is 7. The van der Waals surface area contributed by atoms with E-state index >= 15 is 0 Å². The number of nitrogens with zero attached hydrogens (tertiary/aromatic N) is 4. The Hall–Kier alpha value is -3.99. The van der Waals surface area contributed by atoms with Gasteiger partial charge in [0, 0.05) is 13.7 Å². The van der Waals surface area contributed by atoms with E-state index in [-0.39, 0.29) is 36.8 Å². The van der Waals surface area contributed by atoms with Crippen molar-refractivity contribution >= 4 is 23.2 Å². The van der Waals surface area contributed by atoms with Crippen molar-refractivity contribution in [1.29, 1.82) is 0 Å². The Morgan fingerprint density at radius 3 is 2.47 bits per heavy atom. The van der Waals surface area contributed by atoms with Crippen molar-refractivity contribution in [2.24, 2.45) is 0 Å². The van der Waals surface area contributed by atoms with Gasteiger partial charge in [-0.1, -0.05) is 25.1 Å². The third-order valence-electron chi connectivity index (χ3n) is 5.41. The lowest BCUT2D eigenvalue weighted by molar-refractivity contribution is -0.114. The predicted molar refractivity (Wildman–Crippen MR) is 128 cm³/mol. The summed E-state index contributed by atoms with van der Waals surface area (Å²) in [6, 6.07) is 9.20. The zero-order valence-corrected chi connectivity index (χ0v) is 19.6. The maximum absolute atomic E-state index is 13.4. The molecule has 0 aliphatic heterocycles. The number of hydrogen-bond donors (Lipinski definition) is 2. The Bertz CT molecular complexity index is 1320. The summed E-state index contributed by atoms with van der Waals surface area (Å²) in [6.07, 6.45) is 0.567. The molecule has 2 heterocycles. The van der Waals surface area contributed by atoms with Crippen molar-refractivity contribution in [3.63, 3.8) is 0 Å². The number of ketones is 1. The topological polar surface area (TPSA) is 145 Å². The van der Waals surface area contributed by atoms with Crippen molar-refractivity contribution in [2.75, 3.05) is 30.9 Å². The van der Waals surface area contributed by atoms with Crippen LogP contribution in [0.4, 0.5) is 11.5 Å². The second kappa shape index (κ2) is 10.3. The molecule has 11 heteroatoms. The molecular weight excluding hydrogens is 440 g/mol. The number of aromatic amines is 1. The molecule has 3 rings (SSSR count). The smallest absolute Gasteiger partial charge is 0.330 e. The van der Waals surface area contributed by atoms with Crippen LogP contribution in [0.2, 0.25) is 0 Å². The summed E-state index contributed by atoms with van der Waals surface area (Å²) in [7, 11) is 1.42. The molecule has 0 saturated carbocycles. The van der Waals surface area contributed by atoms with E-state index in [2.05, 4.69) is 10.1 Å². The van der Waals surface area contributed by atoms with Crippen molar-refractivity contribution in [1.82, 2.24) is 19.3 Å². The van der Waals surface area contributed by atoms with Crippen LogP contribution in [0, 0.1) is 13.8 Å². The van der Waals surface area contributed by atoms with Gasteiger partial charge in [0.25, 0.3) is 17.2 Å². The van der Waals surface area contributed by atoms with E-state index in [1.54, 1.807) is 18.5 Å². The largest absolute Gasteiger partial charge is 0.383 e. The van der Waals surface area contributed by atoms with Crippen molar-refractivity contribution in [3.05, 3.63) is 68.1 Å². The van der Waals surface area contributed by atoms with Gasteiger partial charge >= 0.3 is 5.69 Å². The molecule has 0 unspecified atom stereocenters. The van der Waals surface area contributed by atoms with Crippen LogP contribution in [0.5, 0.6) is 0 Å². The molecule has 0 atom stereocenters. The second-order valence-corrected chi connectivity index (χ2v) is 7.72. The zero-order chi connectivity index (χ0) is 25.0. The van der Waals surface area contributed by atoms with E-state index in [1.807, 2.05) is 37.3 Å². The molecule has 1 amide bonds. The quantitative estimate of drug-likeness (QED) is 0.354. The Balaban J connectivity index is 2.10. The maximum atomic E-state index is 13.4. The maximum Gasteiger partial charge on any atom is 0.330 e. The van der Waals surface area contributed by atoms with Gasteiger partial charge in [0.2, 0.25) is 0 Å². The molecule has 3 aromatic rings. The average Bonchev–Trinajstić information content (AvgIpc) is 3.12. The SMILES string of the molecule is CCCn1c(N)c(N(CCOC)C(=O)C(=O)c2c(C)nn(-c3ccccc3)c2C)c(=O)[nH]c1=O. The number of carbonyl (C=O) groups excluding carboxylic acids is 2. The van der Waals surface area contributed by atoms with Crippen LogP contribution in [0.1, 0.15) is 35.1 Å². The van der Waals surface area contributed by atoms with Gasteiger partial charge in [0.1, 0.15) is 5.82 Å². The van der Waals surface area contributed by atoms with Gasteiger partial charge in [-0.05, 0) is 32.4 Å². The molecule has 0 saturated heterocycles. The molecule has 0 radical (unpaired) electrons. The molecule has 2 aromatic heterocycles. The highest BCUT2D eigenvalue weighted by Gasteiger charge is 2.32. The lowest BCUT2D eigenvalue weighted by atomic mass is 10.1. The highest BCUT2D eigenvalue weighted by molar-refractivity contribution is 6.47. The molecule has 0 spiro atoms. The lowest BCUT2D eigenvalue weighted by Gasteiger charge is -2.23. The first-order chi connectivity index (χ1) is 16.2. The van der Waals surface area contributed by atoms with Gasteiger partial charge in [-0.2, -0.15) is 5.10 Å². The molecule has 34 heavy (non-hydrogen) atoms. The number of H-pyrrole nitrogens is 1. The zero-order valence-electron chi connectivity index (χ0n) is 19.6. The number of ether oxygens (including phenoxy) is 1. The number of rotatable bonds is 9. The van der Waals surface area contributed by atoms with Gasteiger partial charge < -0.3 is 10.5 Å². The van der Waals surface area contributed by atoms with Crippen LogP contribution in [0.25, 0.3) is 5.69 Å². The Labute approximate surface area is 195 Å². The fourth-order valence-electron chi connectivity index (χ4n) is 3.80. The summed E-state index contributed by atoms with van der Waals surface area (Å²) < 4.78 is 7.82. The van der Waals surface area contributed by atoms with E-state index in [1.165, 1.54) is 7.11 Å². The number of Topliss-reactive ketones (excluding diaryl/α,β-unsaturated/α-hetero) is 1. The molecule has 0 fully saturated rings. The first-order valence-corrected chi connectivity index (χ1v) is 10.8. The lowest BCUT2D eigenvalue weighted by Crippen LogP contribution is -2.45. The average molecular weight is 469 g/mol. The first kappa shape index (κ1) is 24.6. The number of anilines is 2. The number of nitrogens with one attached hydrogen (secondary N) is 1. The first-order valence-electron chi connectivity index (χ1n) is 10.8. The van der Waals surface area contributed by atoms with Gasteiger partial charge in [0.15, 0.2) is 5.69 Å². The molecule has 0 aliphatic rings. The Morgan fingerprint density at radius 2 is 1.85 bits per heavy atom. The van der Waals surface area contributed by atoms with Crippen LogP contribution < -0.4 is 21.9 Å². The van der Waals surface area contributed by atoms with Crippen LogP contribution in [0.3, 0.4) is 0 Å². The van der Waals surface area contributed by atoms with Gasteiger partial charge in [-0.15, -0.1) is 0 Å². The Morgan fingerprint density at radius 1 is 1.18 bits per heavy atom. The number of amides is 1. The number of carbonyl (C=O) groups is 2. The molecule has 3 N–H and O–H groups in total.